The smallest absolute Gasteiger partial charge is 0.295 e. The predicted octanol–water partition coefficient (Wildman–Crippen LogP) is 1.45. The van der Waals surface area contributed by atoms with Crippen LogP contribution in [0, 0.1) is 0 Å². The van der Waals surface area contributed by atoms with Gasteiger partial charge in [0.15, 0.2) is 5.58 Å². The summed E-state index contributed by atoms with van der Waals surface area (Å²) in [5.41, 5.74) is 7.01. The van der Waals surface area contributed by atoms with E-state index in [1.54, 1.807) is 18.2 Å². The standard InChI is InChI=1S/C10H11F2N3O2/c11-9(12)6(16)4-14-10-15-8-5(13)2-1-3-7(8)17-10/h1-3,6,9,16H,4,13H2,(H,14,15). The van der Waals surface area contributed by atoms with Gasteiger partial charge in [0.25, 0.3) is 12.4 Å². The molecule has 0 fully saturated rings. The van der Waals surface area contributed by atoms with Crippen molar-refractivity contribution in [3.05, 3.63) is 18.2 Å². The first-order chi connectivity index (χ1) is 8.08. The van der Waals surface area contributed by atoms with Gasteiger partial charge in [-0.3, -0.25) is 0 Å². The van der Waals surface area contributed by atoms with Crippen LogP contribution in [-0.4, -0.2) is 29.2 Å². The van der Waals surface area contributed by atoms with Crippen LogP contribution in [0.1, 0.15) is 0 Å². The van der Waals surface area contributed by atoms with Gasteiger partial charge in [0, 0.05) is 0 Å². The summed E-state index contributed by atoms with van der Waals surface area (Å²) in [5, 5.41) is 11.4. The summed E-state index contributed by atoms with van der Waals surface area (Å²) >= 11 is 0. The lowest BCUT2D eigenvalue weighted by Gasteiger charge is -2.08. The number of aliphatic hydroxyl groups excluding tert-OH is 1. The molecule has 0 radical (unpaired) electrons. The number of aliphatic hydroxyl groups is 1. The Labute approximate surface area is 95.2 Å². The zero-order valence-electron chi connectivity index (χ0n) is 8.73. The highest BCUT2D eigenvalue weighted by molar-refractivity contribution is 5.86. The number of fused-ring (bicyclic) bond motifs is 1. The van der Waals surface area contributed by atoms with Crippen molar-refractivity contribution in [3.8, 4) is 0 Å². The van der Waals surface area contributed by atoms with E-state index in [-0.39, 0.29) is 12.6 Å². The monoisotopic (exact) mass is 243 g/mol. The summed E-state index contributed by atoms with van der Waals surface area (Å²) in [6.45, 7) is -0.343. The molecule has 0 saturated carbocycles. The third-order valence-electron chi connectivity index (χ3n) is 2.20. The second kappa shape index (κ2) is 4.54. The maximum absolute atomic E-state index is 12.0. The highest BCUT2D eigenvalue weighted by Crippen LogP contribution is 2.23. The Morgan fingerprint density at radius 2 is 2.24 bits per heavy atom. The fourth-order valence-electron chi connectivity index (χ4n) is 1.33. The maximum atomic E-state index is 12.0. The van der Waals surface area contributed by atoms with Gasteiger partial charge in [0.2, 0.25) is 0 Å². The average molecular weight is 243 g/mol. The van der Waals surface area contributed by atoms with Crippen LogP contribution in [0.5, 0.6) is 0 Å². The van der Waals surface area contributed by atoms with Crippen LogP contribution in [0.2, 0.25) is 0 Å². The number of benzene rings is 1. The molecule has 0 amide bonds. The Kier molecular flexibility index (Phi) is 3.10. The third kappa shape index (κ3) is 2.44. The molecule has 92 valence electrons. The minimum Gasteiger partial charge on any atom is -0.423 e. The van der Waals surface area contributed by atoms with Crippen molar-refractivity contribution < 1.29 is 18.3 Å². The molecule has 1 aromatic heterocycles. The van der Waals surface area contributed by atoms with Gasteiger partial charge in [-0.2, -0.15) is 4.98 Å². The van der Waals surface area contributed by atoms with E-state index < -0.39 is 12.5 Å². The third-order valence-corrected chi connectivity index (χ3v) is 2.20. The molecule has 1 heterocycles. The fraction of sp³-hybridized carbons (Fsp3) is 0.300. The van der Waals surface area contributed by atoms with Gasteiger partial charge in [-0.1, -0.05) is 6.07 Å². The molecule has 0 spiro atoms. The summed E-state index contributed by atoms with van der Waals surface area (Å²) < 4.78 is 29.3. The van der Waals surface area contributed by atoms with Crippen molar-refractivity contribution in [2.24, 2.45) is 0 Å². The van der Waals surface area contributed by atoms with Gasteiger partial charge in [-0.15, -0.1) is 0 Å². The number of halogens is 2. The van der Waals surface area contributed by atoms with E-state index >= 15 is 0 Å². The molecule has 0 aliphatic heterocycles. The Morgan fingerprint density at radius 1 is 1.47 bits per heavy atom. The number of nitrogens with zero attached hydrogens (tertiary/aromatic N) is 1. The lowest BCUT2D eigenvalue weighted by molar-refractivity contribution is 0.00362. The quantitative estimate of drug-likeness (QED) is 0.708. The van der Waals surface area contributed by atoms with Crippen LogP contribution in [0.3, 0.4) is 0 Å². The largest absolute Gasteiger partial charge is 0.423 e. The number of nitrogens with two attached hydrogens (primary N) is 1. The first-order valence-electron chi connectivity index (χ1n) is 4.93. The number of rotatable bonds is 4. The Hall–Kier alpha value is -1.89. The van der Waals surface area contributed by atoms with Crippen LogP contribution in [0.25, 0.3) is 11.1 Å². The number of alkyl halides is 2. The topological polar surface area (TPSA) is 84.3 Å². The highest BCUT2D eigenvalue weighted by atomic mass is 19.3. The summed E-state index contributed by atoms with van der Waals surface area (Å²) in [7, 11) is 0. The molecule has 17 heavy (non-hydrogen) atoms. The van der Waals surface area contributed by atoms with E-state index in [4.69, 9.17) is 15.3 Å². The molecule has 0 aliphatic carbocycles. The molecular formula is C10H11F2N3O2. The highest BCUT2D eigenvalue weighted by Gasteiger charge is 2.17. The van der Waals surface area contributed by atoms with Gasteiger partial charge in [0.1, 0.15) is 11.6 Å². The number of nitrogens with one attached hydrogen (secondary N) is 1. The summed E-state index contributed by atoms with van der Waals surface area (Å²) in [6.07, 6.45) is -4.57. The molecule has 2 rings (SSSR count). The molecule has 2 aromatic rings. The number of aromatic nitrogens is 1. The van der Waals surface area contributed by atoms with Crippen molar-refractivity contribution in [2.75, 3.05) is 17.6 Å². The van der Waals surface area contributed by atoms with E-state index in [9.17, 15) is 8.78 Å². The molecule has 1 aromatic carbocycles. The zero-order valence-corrected chi connectivity index (χ0v) is 8.73. The van der Waals surface area contributed by atoms with E-state index in [0.717, 1.165) is 0 Å². The van der Waals surface area contributed by atoms with Gasteiger partial charge < -0.3 is 20.6 Å². The lowest BCUT2D eigenvalue weighted by Crippen LogP contribution is -2.26. The van der Waals surface area contributed by atoms with Gasteiger partial charge >= 0.3 is 0 Å². The normalized spacial score (nSPS) is 13.2. The van der Waals surface area contributed by atoms with Crippen LogP contribution in [0.15, 0.2) is 22.6 Å². The number of para-hydroxylation sites is 1. The number of anilines is 2. The molecular weight excluding hydrogens is 232 g/mol. The van der Waals surface area contributed by atoms with Crippen molar-refractivity contribution in [1.82, 2.24) is 4.98 Å². The lowest BCUT2D eigenvalue weighted by atomic mass is 10.3. The van der Waals surface area contributed by atoms with Gasteiger partial charge in [0.05, 0.1) is 12.2 Å². The van der Waals surface area contributed by atoms with Crippen molar-refractivity contribution >= 4 is 22.8 Å². The van der Waals surface area contributed by atoms with E-state index in [2.05, 4.69) is 10.3 Å². The second-order valence-electron chi connectivity index (χ2n) is 3.50. The van der Waals surface area contributed by atoms with E-state index in [0.29, 0.717) is 16.8 Å². The van der Waals surface area contributed by atoms with Crippen LogP contribution >= 0.6 is 0 Å². The van der Waals surface area contributed by atoms with Gasteiger partial charge in [-0.25, -0.2) is 8.78 Å². The SMILES string of the molecule is Nc1cccc2oc(NCC(O)C(F)F)nc12. The molecule has 4 N–H and O–H groups in total. The number of oxazole rings is 1. The van der Waals surface area contributed by atoms with Crippen molar-refractivity contribution in [1.29, 1.82) is 0 Å². The fourth-order valence-corrected chi connectivity index (χ4v) is 1.33. The maximum Gasteiger partial charge on any atom is 0.295 e. The summed E-state index contributed by atoms with van der Waals surface area (Å²) in [6, 6.07) is 5.06. The number of hydrogen-bond acceptors (Lipinski definition) is 5. The van der Waals surface area contributed by atoms with Crippen molar-refractivity contribution in [2.45, 2.75) is 12.5 Å². The molecule has 5 nitrogen and oxygen atoms in total. The summed E-state index contributed by atoms with van der Waals surface area (Å²) in [5.74, 6) is 0. The Balaban J connectivity index is 2.12. The predicted molar refractivity (Wildman–Crippen MR) is 58.9 cm³/mol. The number of nitrogen functional groups attached to an aromatic ring is 1. The Bertz CT molecular complexity index is 515. The van der Waals surface area contributed by atoms with Crippen molar-refractivity contribution in [3.63, 3.8) is 0 Å². The number of hydrogen-bond donors (Lipinski definition) is 3. The molecule has 0 aliphatic rings. The van der Waals surface area contributed by atoms with Crippen LogP contribution in [0.4, 0.5) is 20.5 Å². The van der Waals surface area contributed by atoms with Gasteiger partial charge in [-0.05, 0) is 12.1 Å². The zero-order chi connectivity index (χ0) is 12.4. The average Bonchev–Trinajstić information content (AvgIpc) is 2.70. The molecule has 7 heteroatoms. The molecule has 1 unspecified atom stereocenters. The Morgan fingerprint density at radius 3 is 2.88 bits per heavy atom. The molecule has 0 bridgehead atoms. The van der Waals surface area contributed by atoms with Crippen LogP contribution < -0.4 is 11.1 Å². The second-order valence-corrected chi connectivity index (χ2v) is 3.50. The van der Waals surface area contributed by atoms with E-state index in [1.807, 2.05) is 0 Å². The van der Waals surface area contributed by atoms with Crippen LogP contribution in [-0.2, 0) is 0 Å². The minimum atomic E-state index is -2.81. The minimum absolute atomic E-state index is 0.0533. The first-order valence-corrected chi connectivity index (χ1v) is 4.93. The molecule has 1 atom stereocenters. The van der Waals surface area contributed by atoms with E-state index in [1.165, 1.54) is 0 Å². The first kappa shape index (κ1) is 11.6. The summed E-state index contributed by atoms with van der Waals surface area (Å²) in [4.78, 5) is 3.98. The molecule has 0 saturated heterocycles.